The second kappa shape index (κ2) is 5.52. The Bertz CT molecular complexity index is 545. The zero-order valence-electron chi connectivity index (χ0n) is 9.21. The predicted molar refractivity (Wildman–Crippen MR) is 65.9 cm³/mol. The molecule has 0 saturated heterocycles. The third-order valence-electron chi connectivity index (χ3n) is 2.52. The molecule has 5 heteroatoms. The summed E-state index contributed by atoms with van der Waals surface area (Å²) in [5.41, 5.74) is 0.822. The fraction of sp³-hybridized carbons (Fsp3) is 0.154. The van der Waals surface area contributed by atoms with Gasteiger partial charge in [-0.25, -0.2) is 13.2 Å². The smallest absolute Gasteiger partial charge is 0.194 e. The number of pyridine rings is 1. The van der Waals surface area contributed by atoms with Crippen LogP contribution in [0.4, 0.5) is 13.2 Å². The van der Waals surface area contributed by atoms with Gasteiger partial charge in [-0.05, 0) is 18.2 Å². The van der Waals surface area contributed by atoms with Crippen molar-refractivity contribution in [2.45, 2.75) is 11.2 Å². The van der Waals surface area contributed by atoms with Gasteiger partial charge in [-0.2, -0.15) is 0 Å². The summed E-state index contributed by atoms with van der Waals surface area (Å²) in [6, 6.07) is 7.51. The minimum Gasteiger partial charge on any atom is -0.261 e. The van der Waals surface area contributed by atoms with E-state index in [1.807, 2.05) is 6.07 Å². The van der Waals surface area contributed by atoms with E-state index in [9.17, 15) is 13.2 Å². The van der Waals surface area contributed by atoms with E-state index in [1.165, 1.54) is 6.07 Å². The van der Waals surface area contributed by atoms with Crippen LogP contribution in [-0.2, 0) is 6.42 Å². The Balaban J connectivity index is 2.24. The summed E-state index contributed by atoms with van der Waals surface area (Å²) < 4.78 is 39.5. The third-order valence-corrected chi connectivity index (χ3v) is 3.33. The van der Waals surface area contributed by atoms with Crippen LogP contribution in [0.2, 0.25) is 0 Å². The highest BCUT2D eigenvalue weighted by Crippen LogP contribution is 2.30. The molecule has 0 aliphatic carbocycles. The quantitative estimate of drug-likeness (QED) is 0.611. The van der Waals surface area contributed by atoms with Crippen molar-refractivity contribution in [3.8, 4) is 0 Å². The largest absolute Gasteiger partial charge is 0.261 e. The average molecular weight is 316 g/mol. The zero-order valence-corrected chi connectivity index (χ0v) is 10.8. The molecule has 2 aromatic rings. The maximum Gasteiger partial charge on any atom is 0.194 e. The fourth-order valence-corrected chi connectivity index (χ4v) is 2.28. The molecule has 0 spiro atoms. The molecule has 1 aromatic heterocycles. The lowest BCUT2D eigenvalue weighted by molar-refractivity contribution is 0.440. The minimum absolute atomic E-state index is 0.0829. The molecular weight excluding hydrogens is 307 g/mol. The Morgan fingerprint density at radius 2 is 1.83 bits per heavy atom. The van der Waals surface area contributed by atoms with Crippen LogP contribution in [0.1, 0.15) is 16.1 Å². The first-order valence-electron chi connectivity index (χ1n) is 5.27. The summed E-state index contributed by atoms with van der Waals surface area (Å²) in [5, 5.41) is 0. The Morgan fingerprint density at radius 3 is 2.50 bits per heavy atom. The van der Waals surface area contributed by atoms with Gasteiger partial charge < -0.3 is 0 Å². The SMILES string of the molecule is Fc1ccc(C(Br)Cc2ccccn2)c(F)c1F. The summed E-state index contributed by atoms with van der Waals surface area (Å²) in [5.74, 6) is -3.79. The Morgan fingerprint density at radius 1 is 1.06 bits per heavy atom. The van der Waals surface area contributed by atoms with E-state index in [1.54, 1.807) is 18.3 Å². The maximum absolute atomic E-state index is 13.6. The lowest BCUT2D eigenvalue weighted by Gasteiger charge is -2.11. The van der Waals surface area contributed by atoms with E-state index >= 15 is 0 Å². The second-order valence-corrected chi connectivity index (χ2v) is 4.86. The molecule has 0 aliphatic rings. The number of rotatable bonds is 3. The van der Waals surface area contributed by atoms with Gasteiger partial charge in [0, 0.05) is 28.7 Å². The van der Waals surface area contributed by atoms with Crippen molar-refractivity contribution >= 4 is 15.9 Å². The molecule has 0 radical (unpaired) electrons. The molecule has 1 nitrogen and oxygen atoms in total. The number of nitrogens with zero attached hydrogens (tertiary/aromatic N) is 1. The Hall–Kier alpha value is -1.36. The van der Waals surface area contributed by atoms with E-state index in [0.717, 1.165) is 11.8 Å². The van der Waals surface area contributed by atoms with Crippen molar-refractivity contribution in [1.29, 1.82) is 0 Å². The summed E-state index contributed by atoms with van der Waals surface area (Å²) in [6.07, 6.45) is 2.01. The highest BCUT2D eigenvalue weighted by atomic mass is 79.9. The summed E-state index contributed by atoms with van der Waals surface area (Å²) in [7, 11) is 0. The third kappa shape index (κ3) is 2.72. The number of benzene rings is 1. The molecule has 1 heterocycles. The second-order valence-electron chi connectivity index (χ2n) is 3.76. The van der Waals surface area contributed by atoms with Crippen molar-refractivity contribution in [2.24, 2.45) is 0 Å². The van der Waals surface area contributed by atoms with Gasteiger partial charge in [0.25, 0.3) is 0 Å². The first-order chi connectivity index (χ1) is 8.59. The molecule has 0 fully saturated rings. The Labute approximate surface area is 111 Å². The molecule has 0 amide bonds. The first kappa shape index (κ1) is 13.1. The number of hydrogen-bond donors (Lipinski definition) is 0. The van der Waals surface area contributed by atoms with Crippen molar-refractivity contribution in [3.05, 3.63) is 65.2 Å². The van der Waals surface area contributed by atoms with E-state index in [-0.39, 0.29) is 5.56 Å². The van der Waals surface area contributed by atoms with Gasteiger partial charge in [-0.3, -0.25) is 4.98 Å². The van der Waals surface area contributed by atoms with Crippen LogP contribution >= 0.6 is 15.9 Å². The molecule has 1 atom stereocenters. The van der Waals surface area contributed by atoms with Crippen LogP contribution in [0.15, 0.2) is 36.5 Å². The van der Waals surface area contributed by atoms with Crippen LogP contribution in [0, 0.1) is 17.5 Å². The zero-order chi connectivity index (χ0) is 13.1. The molecular formula is C13H9BrF3N. The molecule has 0 saturated carbocycles. The van der Waals surface area contributed by atoms with Gasteiger partial charge in [-0.15, -0.1) is 0 Å². The highest BCUT2D eigenvalue weighted by Gasteiger charge is 2.19. The van der Waals surface area contributed by atoms with Crippen molar-refractivity contribution in [3.63, 3.8) is 0 Å². The van der Waals surface area contributed by atoms with Crippen LogP contribution in [0.25, 0.3) is 0 Å². The topological polar surface area (TPSA) is 12.9 Å². The van der Waals surface area contributed by atoms with Gasteiger partial charge in [-0.1, -0.05) is 28.1 Å². The van der Waals surface area contributed by atoms with Gasteiger partial charge in [0.2, 0.25) is 0 Å². The van der Waals surface area contributed by atoms with Crippen molar-refractivity contribution < 1.29 is 13.2 Å². The molecule has 94 valence electrons. The normalized spacial score (nSPS) is 12.4. The number of alkyl halides is 1. The average Bonchev–Trinajstić information content (AvgIpc) is 2.37. The van der Waals surface area contributed by atoms with Crippen LogP contribution in [0.3, 0.4) is 0 Å². The molecule has 1 unspecified atom stereocenters. The maximum atomic E-state index is 13.6. The van der Waals surface area contributed by atoms with Crippen LogP contribution in [0.5, 0.6) is 0 Å². The summed E-state index contributed by atoms with van der Waals surface area (Å²) >= 11 is 3.26. The monoisotopic (exact) mass is 315 g/mol. The summed E-state index contributed by atoms with van der Waals surface area (Å²) in [6.45, 7) is 0. The van der Waals surface area contributed by atoms with E-state index in [2.05, 4.69) is 20.9 Å². The number of hydrogen-bond acceptors (Lipinski definition) is 1. The molecule has 18 heavy (non-hydrogen) atoms. The van der Waals surface area contributed by atoms with E-state index < -0.39 is 22.3 Å². The van der Waals surface area contributed by atoms with Gasteiger partial charge in [0.15, 0.2) is 17.5 Å². The highest BCUT2D eigenvalue weighted by molar-refractivity contribution is 9.09. The molecule has 2 rings (SSSR count). The predicted octanol–water partition coefficient (Wildman–Crippen LogP) is 4.18. The number of halogens is 4. The Kier molecular flexibility index (Phi) is 4.01. The van der Waals surface area contributed by atoms with Crippen molar-refractivity contribution in [2.75, 3.05) is 0 Å². The molecule has 0 aliphatic heterocycles. The van der Waals surface area contributed by atoms with Gasteiger partial charge >= 0.3 is 0 Å². The molecule has 1 aromatic carbocycles. The standard InChI is InChI=1S/C13H9BrF3N/c14-10(7-8-3-1-2-6-18-8)9-4-5-11(15)13(17)12(9)16/h1-6,10H,7H2. The van der Waals surface area contributed by atoms with Gasteiger partial charge in [0.1, 0.15) is 0 Å². The lowest BCUT2D eigenvalue weighted by Crippen LogP contribution is -2.03. The van der Waals surface area contributed by atoms with Crippen LogP contribution in [-0.4, -0.2) is 4.98 Å². The first-order valence-corrected chi connectivity index (χ1v) is 6.18. The number of aromatic nitrogens is 1. The van der Waals surface area contributed by atoms with Crippen molar-refractivity contribution in [1.82, 2.24) is 4.98 Å². The van der Waals surface area contributed by atoms with E-state index in [0.29, 0.717) is 6.42 Å². The van der Waals surface area contributed by atoms with Crippen LogP contribution < -0.4 is 0 Å². The lowest BCUT2D eigenvalue weighted by atomic mass is 10.1. The van der Waals surface area contributed by atoms with Gasteiger partial charge in [0.05, 0.1) is 0 Å². The molecule has 0 N–H and O–H groups in total. The fourth-order valence-electron chi connectivity index (χ4n) is 1.60. The van der Waals surface area contributed by atoms with E-state index in [4.69, 9.17) is 0 Å². The summed E-state index contributed by atoms with van der Waals surface area (Å²) in [4.78, 5) is 3.64. The molecule has 0 bridgehead atoms. The minimum atomic E-state index is -1.45.